The Morgan fingerprint density at radius 1 is 1.05 bits per heavy atom. The van der Waals surface area contributed by atoms with E-state index in [9.17, 15) is 4.79 Å². The first-order chi connectivity index (χ1) is 10.7. The van der Waals surface area contributed by atoms with Crippen molar-refractivity contribution < 1.29 is 9.90 Å². The third kappa shape index (κ3) is 15.5. The second kappa shape index (κ2) is 16.5. The Balaban J connectivity index is 3.39. The van der Waals surface area contributed by atoms with Crippen molar-refractivity contribution >= 4 is 5.91 Å². The Bertz CT molecular complexity index is 280. The van der Waals surface area contributed by atoms with Crippen molar-refractivity contribution in [2.75, 3.05) is 33.3 Å². The second-order valence-corrected chi connectivity index (χ2v) is 5.98. The molecule has 1 amide bonds. The van der Waals surface area contributed by atoms with Gasteiger partial charge in [-0.1, -0.05) is 51.5 Å². The van der Waals surface area contributed by atoms with E-state index in [-0.39, 0.29) is 5.91 Å². The summed E-state index contributed by atoms with van der Waals surface area (Å²) in [7, 11) is 2.11. The van der Waals surface area contributed by atoms with E-state index in [0.29, 0.717) is 13.2 Å². The molecule has 0 radical (unpaired) electrons. The molecule has 0 heterocycles. The summed E-state index contributed by atoms with van der Waals surface area (Å²) in [6, 6.07) is 0. The number of rotatable bonds is 15. The van der Waals surface area contributed by atoms with E-state index in [4.69, 9.17) is 5.11 Å². The summed E-state index contributed by atoms with van der Waals surface area (Å²) in [4.78, 5) is 13.8. The topological polar surface area (TPSA) is 52.6 Å². The van der Waals surface area contributed by atoms with Crippen molar-refractivity contribution in [2.45, 2.75) is 64.7 Å². The van der Waals surface area contributed by atoms with Crippen LogP contribution in [0.3, 0.4) is 0 Å². The molecule has 4 nitrogen and oxygen atoms in total. The minimum absolute atomic E-state index is 0.0217. The SMILES string of the molecule is CCCC/C=C/C(=O)NCCN(C)CCCCCCCCO. The molecule has 0 fully saturated rings. The predicted octanol–water partition coefficient (Wildman–Crippen LogP) is 3.11. The van der Waals surface area contributed by atoms with E-state index in [1.807, 2.05) is 6.08 Å². The molecule has 0 rings (SSSR count). The Morgan fingerprint density at radius 2 is 1.73 bits per heavy atom. The molecule has 0 unspecified atom stereocenters. The molecular weight excluding hydrogens is 276 g/mol. The molecular formula is C18H36N2O2. The average molecular weight is 312 g/mol. The van der Waals surface area contributed by atoms with Gasteiger partial charge in [-0.2, -0.15) is 0 Å². The van der Waals surface area contributed by atoms with Gasteiger partial charge in [-0.3, -0.25) is 4.79 Å². The van der Waals surface area contributed by atoms with Gasteiger partial charge < -0.3 is 15.3 Å². The Kier molecular flexibility index (Phi) is 15.8. The maximum atomic E-state index is 11.5. The number of nitrogens with one attached hydrogen (secondary N) is 1. The highest BCUT2D eigenvalue weighted by atomic mass is 16.2. The lowest BCUT2D eigenvalue weighted by atomic mass is 10.1. The summed E-state index contributed by atoms with van der Waals surface area (Å²) in [6.45, 7) is 5.17. The Morgan fingerprint density at radius 3 is 2.41 bits per heavy atom. The predicted molar refractivity (Wildman–Crippen MR) is 94.0 cm³/mol. The number of carbonyl (C=O) groups excluding carboxylic acids is 1. The monoisotopic (exact) mass is 312 g/mol. The lowest BCUT2D eigenvalue weighted by Crippen LogP contribution is -2.32. The molecule has 0 spiro atoms. The van der Waals surface area contributed by atoms with E-state index in [0.717, 1.165) is 45.2 Å². The maximum absolute atomic E-state index is 11.5. The van der Waals surface area contributed by atoms with Crippen LogP contribution in [0.4, 0.5) is 0 Å². The summed E-state index contributed by atoms with van der Waals surface area (Å²) in [6.07, 6.45) is 13.9. The van der Waals surface area contributed by atoms with Crippen LogP contribution in [0.25, 0.3) is 0 Å². The lowest BCUT2D eigenvalue weighted by Gasteiger charge is -2.16. The van der Waals surface area contributed by atoms with Crippen LogP contribution in [-0.2, 0) is 4.79 Å². The zero-order valence-electron chi connectivity index (χ0n) is 14.6. The third-order valence-corrected chi connectivity index (χ3v) is 3.73. The number of likely N-dealkylation sites (N-methyl/N-ethyl adjacent to an activating group) is 1. The third-order valence-electron chi connectivity index (χ3n) is 3.73. The smallest absolute Gasteiger partial charge is 0.243 e. The molecule has 2 N–H and O–H groups in total. The molecule has 0 aromatic heterocycles. The number of amides is 1. The standard InChI is InChI=1S/C18H36N2O2/c1-3-4-5-10-13-18(22)19-14-16-20(2)15-11-8-6-7-9-12-17-21/h10,13,21H,3-9,11-12,14-17H2,1-2H3,(H,19,22)/b13-10+. The van der Waals surface area contributed by atoms with Crippen LogP contribution >= 0.6 is 0 Å². The van der Waals surface area contributed by atoms with Crippen molar-refractivity contribution in [3.05, 3.63) is 12.2 Å². The van der Waals surface area contributed by atoms with Gasteiger partial charge in [0.05, 0.1) is 0 Å². The van der Waals surface area contributed by atoms with Crippen molar-refractivity contribution in [2.24, 2.45) is 0 Å². The largest absolute Gasteiger partial charge is 0.396 e. The molecule has 22 heavy (non-hydrogen) atoms. The number of aliphatic hydroxyl groups excluding tert-OH is 1. The van der Waals surface area contributed by atoms with Gasteiger partial charge in [0.1, 0.15) is 0 Å². The van der Waals surface area contributed by atoms with E-state index in [1.165, 1.54) is 25.7 Å². The average Bonchev–Trinajstić information content (AvgIpc) is 2.51. The second-order valence-electron chi connectivity index (χ2n) is 5.98. The van der Waals surface area contributed by atoms with Crippen LogP contribution in [-0.4, -0.2) is 49.2 Å². The number of carbonyl (C=O) groups is 1. The van der Waals surface area contributed by atoms with E-state index in [1.54, 1.807) is 6.08 Å². The zero-order chi connectivity index (χ0) is 16.5. The van der Waals surface area contributed by atoms with Crippen molar-refractivity contribution in [1.82, 2.24) is 10.2 Å². The van der Waals surface area contributed by atoms with Gasteiger partial charge in [0.25, 0.3) is 0 Å². The first kappa shape index (κ1) is 21.1. The number of hydrogen-bond acceptors (Lipinski definition) is 3. The Hall–Kier alpha value is -0.870. The molecule has 4 heteroatoms. The highest BCUT2D eigenvalue weighted by Gasteiger charge is 2.00. The van der Waals surface area contributed by atoms with E-state index < -0.39 is 0 Å². The molecule has 0 atom stereocenters. The molecule has 0 aromatic rings. The van der Waals surface area contributed by atoms with Crippen LogP contribution in [0.15, 0.2) is 12.2 Å². The molecule has 0 aliphatic rings. The van der Waals surface area contributed by atoms with E-state index in [2.05, 4.69) is 24.2 Å². The molecule has 130 valence electrons. The van der Waals surface area contributed by atoms with Gasteiger partial charge >= 0.3 is 0 Å². The quantitative estimate of drug-likeness (QED) is 0.361. The zero-order valence-corrected chi connectivity index (χ0v) is 14.6. The van der Waals surface area contributed by atoms with Crippen LogP contribution < -0.4 is 5.32 Å². The highest BCUT2D eigenvalue weighted by Crippen LogP contribution is 2.05. The molecule has 0 aliphatic heterocycles. The van der Waals surface area contributed by atoms with Crippen LogP contribution in [0, 0.1) is 0 Å². The van der Waals surface area contributed by atoms with Gasteiger partial charge in [-0.15, -0.1) is 0 Å². The van der Waals surface area contributed by atoms with E-state index >= 15 is 0 Å². The maximum Gasteiger partial charge on any atom is 0.243 e. The molecule has 0 aromatic carbocycles. The van der Waals surface area contributed by atoms with Crippen LogP contribution in [0.2, 0.25) is 0 Å². The lowest BCUT2D eigenvalue weighted by molar-refractivity contribution is -0.116. The van der Waals surface area contributed by atoms with Crippen molar-refractivity contribution in [1.29, 1.82) is 0 Å². The molecule has 0 saturated carbocycles. The number of aliphatic hydroxyl groups is 1. The number of unbranched alkanes of at least 4 members (excludes halogenated alkanes) is 7. The van der Waals surface area contributed by atoms with Crippen molar-refractivity contribution in [3.8, 4) is 0 Å². The fourth-order valence-electron chi connectivity index (χ4n) is 2.25. The number of allylic oxidation sites excluding steroid dienone is 1. The van der Waals surface area contributed by atoms with Crippen LogP contribution in [0.5, 0.6) is 0 Å². The summed E-state index contributed by atoms with van der Waals surface area (Å²) >= 11 is 0. The molecule has 0 aliphatic carbocycles. The Labute approximate surface area is 137 Å². The fraction of sp³-hybridized carbons (Fsp3) is 0.833. The highest BCUT2D eigenvalue weighted by molar-refractivity contribution is 5.87. The van der Waals surface area contributed by atoms with Crippen LogP contribution in [0.1, 0.15) is 64.7 Å². The normalized spacial score (nSPS) is 11.5. The summed E-state index contributed by atoms with van der Waals surface area (Å²) in [5.74, 6) is 0.0217. The summed E-state index contributed by atoms with van der Waals surface area (Å²) in [5, 5.41) is 11.6. The summed E-state index contributed by atoms with van der Waals surface area (Å²) in [5.41, 5.74) is 0. The van der Waals surface area contributed by atoms with Crippen molar-refractivity contribution in [3.63, 3.8) is 0 Å². The van der Waals surface area contributed by atoms with Gasteiger partial charge in [-0.25, -0.2) is 0 Å². The van der Waals surface area contributed by atoms with Gasteiger partial charge in [-0.05, 0) is 38.9 Å². The first-order valence-corrected chi connectivity index (χ1v) is 8.94. The minimum atomic E-state index is 0.0217. The van der Waals surface area contributed by atoms with Gasteiger partial charge in [0.2, 0.25) is 5.91 Å². The minimum Gasteiger partial charge on any atom is -0.396 e. The number of hydrogen-bond donors (Lipinski definition) is 2. The molecule has 0 saturated heterocycles. The molecule has 0 bridgehead atoms. The summed E-state index contributed by atoms with van der Waals surface area (Å²) < 4.78 is 0. The van der Waals surface area contributed by atoms with Gasteiger partial charge in [0.15, 0.2) is 0 Å². The number of nitrogens with zero attached hydrogens (tertiary/aromatic N) is 1. The fourth-order valence-corrected chi connectivity index (χ4v) is 2.25. The first-order valence-electron chi connectivity index (χ1n) is 8.94. The van der Waals surface area contributed by atoms with Gasteiger partial charge in [0, 0.05) is 19.7 Å².